The fourth-order valence-electron chi connectivity index (χ4n) is 1.40. The van der Waals surface area contributed by atoms with Crippen molar-refractivity contribution in [3.05, 3.63) is 34.3 Å². The maximum Gasteiger partial charge on any atom is 0.185 e. The molecule has 76 valence electrons. The van der Waals surface area contributed by atoms with Crippen LogP contribution < -0.4 is 5.73 Å². The number of hydrogen-bond donors (Lipinski definition) is 1. The quantitative estimate of drug-likeness (QED) is 0.880. The normalized spacial score (nSPS) is 26.7. The first-order valence-electron chi connectivity index (χ1n) is 4.53. The van der Waals surface area contributed by atoms with Crippen LogP contribution in [0.25, 0.3) is 0 Å². The van der Waals surface area contributed by atoms with E-state index < -0.39 is 0 Å². The number of nitrogens with two attached hydrogens (primary N) is 1. The van der Waals surface area contributed by atoms with Crippen molar-refractivity contribution in [2.45, 2.75) is 12.4 Å². The second-order valence-electron chi connectivity index (χ2n) is 3.18. The molecule has 0 bridgehead atoms. The number of halogens is 1. The van der Waals surface area contributed by atoms with Crippen molar-refractivity contribution in [2.24, 2.45) is 5.73 Å². The van der Waals surface area contributed by atoms with Gasteiger partial charge in [0.25, 0.3) is 0 Å². The molecular formula is C10H12BrNO2. The minimum Gasteiger partial charge on any atom is -0.346 e. The highest BCUT2D eigenvalue weighted by Crippen LogP contribution is 2.31. The molecule has 2 unspecified atom stereocenters. The number of benzene rings is 1. The van der Waals surface area contributed by atoms with Crippen LogP contribution in [0.1, 0.15) is 11.9 Å². The van der Waals surface area contributed by atoms with Crippen LogP contribution in [0.5, 0.6) is 0 Å². The molecule has 2 atom stereocenters. The smallest absolute Gasteiger partial charge is 0.185 e. The first-order valence-corrected chi connectivity index (χ1v) is 5.32. The minimum atomic E-state index is -0.279. The molecule has 0 saturated carbocycles. The number of ether oxygens (including phenoxy) is 2. The van der Waals surface area contributed by atoms with Gasteiger partial charge in [-0.1, -0.05) is 34.1 Å². The summed E-state index contributed by atoms with van der Waals surface area (Å²) >= 11 is 3.46. The van der Waals surface area contributed by atoms with E-state index >= 15 is 0 Å². The van der Waals surface area contributed by atoms with E-state index in [0.717, 1.165) is 10.0 Å². The highest BCUT2D eigenvalue weighted by molar-refractivity contribution is 9.10. The predicted molar refractivity (Wildman–Crippen MR) is 56.8 cm³/mol. The summed E-state index contributed by atoms with van der Waals surface area (Å²) in [6.45, 7) is 1.07. The van der Waals surface area contributed by atoms with Crippen molar-refractivity contribution in [3.8, 4) is 0 Å². The maximum atomic E-state index is 5.60. The second-order valence-corrected chi connectivity index (χ2v) is 4.03. The first-order chi connectivity index (χ1) is 6.81. The molecule has 0 amide bonds. The van der Waals surface area contributed by atoms with E-state index in [1.54, 1.807) is 0 Å². The summed E-state index contributed by atoms with van der Waals surface area (Å²) < 4.78 is 12.1. The zero-order valence-electron chi connectivity index (χ0n) is 7.65. The van der Waals surface area contributed by atoms with Crippen LogP contribution in [0.15, 0.2) is 28.7 Å². The fourth-order valence-corrected chi connectivity index (χ4v) is 1.87. The molecule has 2 N–H and O–H groups in total. The summed E-state index contributed by atoms with van der Waals surface area (Å²) in [4.78, 5) is 0. The third kappa shape index (κ3) is 1.98. The highest BCUT2D eigenvalue weighted by atomic mass is 79.9. The van der Waals surface area contributed by atoms with Gasteiger partial charge in [0, 0.05) is 16.6 Å². The van der Waals surface area contributed by atoms with Gasteiger partial charge in [0.05, 0.1) is 12.7 Å². The molecule has 0 radical (unpaired) electrons. The molecule has 1 aromatic carbocycles. The first kappa shape index (κ1) is 10.1. The highest BCUT2D eigenvalue weighted by Gasteiger charge is 2.27. The summed E-state index contributed by atoms with van der Waals surface area (Å²) in [5.74, 6) is 0. The molecule has 0 aliphatic carbocycles. The number of rotatable bonds is 2. The molecule has 1 saturated heterocycles. The molecule has 4 heteroatoms. The van der Waals surface area contributed by atoms with Gasteiger partial charge in [-0.2, -0.15) is 0 Å². The summed E-state index contributed by atoms with van der Waals surface area (Å²) in [5.41, 5.74) is 6.51. The van der Waals surface area contributed by atoms with Gasteiger partial charge in [-0.15, -0.1) is 0 Å². The summed E-state index contributed by atoms with van der Waals surface area (Å²) in [6.07, 6.45) is -0.258. The van der Waals surface area contributed by atoms with Gasteiger partial charge >= 0.3 is 0 Å². The van der Waals surface area contributed by atoms with Crippen LogP contribution in [0.4, 0.5) is 0 Å². The van der Waals surface area contributed by atoms with Gasteiger partial charge in [0.2, 0.25) is 0 Å². The Kier molecular flexibility index (Phi) is 3.18. The van der Waals surface area contributed by atoms with E-state index in [1.165, 1.54) is 0 Å². The topological polar surface area (TPSA) is 44.5 Å². The molecule has 1 aromatic rings. The summed E-state index contributed by atoms with van der Waals surface area (Å²) in [5, 5.41) is 0. The average molecular weight is 258 g/mol. The molecule has 0 spiro atoms. The van der Waals surface area contributed by atoms with Crippen molar-refractivity contribution in [2.75, 3.05) is 13.2 Å². The monoisotopic (exact) mass is 257 g/mol. The number of hydrogen-bond acceptors (Lipinski definition) is 3. The lowest BCUT2D eigenvalue weighted by atomic mass is 10.2. The van der Waals surface area contributed by atoms with Gasteiger partial charge < -0.3 is 15.2 Å². The molecule has 2 rings (SSSR count). The minimum absolute atomic E-state index is 0.0205. The molecule has 1 fully saturated rings. The molecular weight excluding hydrogens is 246 g/mol. The molecule has 1 aliphatic heterocycles. The van der Waals surface area contributed by atoms with E-state index in [2.05, 4.69) is 15.9 Å². The zero-order valence-corrected chi connectivity index (χ0v) is 9.24. The summed E-state index contributed by atoms with van der Waals surface area (Å²) in [7, 11) is 0. The van der Waals surface area contributed by atoms with Crippen LogP contribution in [0, 0.1) is 0 Å². The molecule has 0 aromatic heterocycles. The Balaban J connectivity index is 2.13. The van der Waals surface area contributed by atoms with Crippen molar-refractivity contribution < 1.29 is 9.47 Å². The van der Waals surface area contributed by atoms with Crippen LogP contribution in [0.3, 0.4) is 0 Å². The molecule has 1 aliphatic rings. The lowest BCUT2D eigenvalue weighted by Crippen LogP contribution is -2.21. The predicted octanol–water partition coefficient (Wildman–Crippen LogP) is 1.82. The van der Waals surface area contributed by atoms with E-state index in [9.17, 15) is 0 Å². The van der Waals surface area contributed by atoms with Gasteiger partial charge in [-0.25, -0.2) is 0 Å². The van der Waals surface area contributed by atoms with Gasteiger partial charge in [0.15, 0.2) is 6.29 Å². The molecule has 14 heavy (non-hydrogen) atoms. The lowest BCUT2D eigenvalue weighted by molar-refractivity contribution is -0.0590. The average Bonchev–Trinajstić information content (AvgIpc) is 2.67. The Morgan fingerprint density at radius 3 is 2.86 bits per heavy atom. The van der Waals surface area contributed by atoms with E-state index in [4.69, 9.17) is 15.2 Å². The Morgan fingerprint density at radius 2 is 2.21 bits per heavy atom. The summed E-state index contributed by atoms with van der Waals surface area (Å²) in [6, 6.07) is 7.87. The van der Waals surface area contributed by atoms with Crippen LogP contribution in [-0.4, -0.2) is 19.3 Å². The van der Waals surface area contributed by atoms with Gasteiger partial charge in [0.1, 0.15) is 0 Å². The second kappa shape index (κ2) is 4.40. The van der Waals surface area contributed by atoms with Crippen LogP contribution in [-0.2, 0) is 9.47 Å². The molecule has 3 nitrogen and oxygen atoms in total. The van der Waals surface area contributed by atoms with Crippen molar-refractivity contribution in [1.29, 1.82) is 0 Å². The SMILES string of the molecule is NCC1COC(c2ccccc2Br)O1. The van der Waals surface area contributed by atoms with Gasteiger partial charge in [-0.05, 0) is 6.07 Å². The standard InChI is InChI=1S/C10H12BrNO2/c11-9-4-2-1-3-8(9)10-13-6-7(5-12)14-10/h1-4,7,10H,5-6,12H2. The Labute approximate surface area is 91.3 Å². The van der Waals surface area contributed by atoms with Crippen LogP contribution >= 0.6 is 15.9 Å². The van der Waals surface area contributed by atoms with Crippen molar-refractivity contribution >= 4 is 15.9 Å². The largest absolute Gasteiger partial charge is 0.346 e. The molecule has 1 heterocycles. The Bertz CT molecular complexity index is 319. The van der Waals surface area contributed by atoms with Crippen molar-refractivity contribution in [1.82, 2.24) is 0 Å². The zero-order chi connectivity index (χ0) is 9.97. The third-order valence-corrected chi connectivity index (χ3v) is 2.89. The van der Waals surface area contributed by atoms with Gasteiger partial charge in [-0.3, -0.25) is 0 Å². The lowest BCUT2D eigenvalue weighted by Gasteiger charge is -2.12. The fraction of sp³-hybridized carbons (Fsp3) is 0.400. The van der Waals surface area contributed by atoms with Crippen molar-refractivity contribution in [3.63, 3.8) is 0 Å². The maximum absolute atomic E-state index is 5.60. The Morgan fingerprint density at radius 1 is 1.43 bits per heavy atom. The third-order valence-electron chi connectivity index (χ3n) is 2.17. The van der Waals surface area contributed by atoms with E-state index in [-0.39, 0.29) is 12.4 Å². The van der Waals surface area contributed by atoms with E-state index in [1.807, 2.05) is 24.3 Å². The van der Waals surface area contributed by atoms with Crippen LogP contribution in [0.2, 0.25) is 0 Å². The van der Waals surface area contributed by atoms with E-state index in [0.29, 0.717) is 13.2 Å². The Hall–Kier alpha value is -0.420.